The molecule has 0 aliphatic heterocycles. The van der Waals surface area contributed by atoms with Gasteiger partial charge in [0.05, 0.1) is 7.11 Å². The first-order chi connectivity index (χ1) is 7.76. The minimum Gasteiger partial charge on any atom is -0.468 e. The monoisotopic (exact) mass is 246 g/mol. The topological polar surface area (TPSA) is 90.6 Å². The van der Waals surface area contributed by atoms with Gasteiger partial charge in [0.2, 0.25) is 0 Å². The van der Waals surface area contributed by atoms with Crippen LogP contribution in [-0.2, 0) is 14.3 Å². The van der Waals surface area contributed by atoms with Crippen molar-refractivity contribution >= 4 is 12.1 Å². The van der Waals surface area contributed by atoms with E-state index in [9.17, 15) is 9.59 Å². The number of nitrogens with one attached hydrogen (secondary N) is 1. The Morgan fingerprint density at radius 2 is 1.94 bits per heavy atom. The lowest BCUT2D eigenvalue weighted by molar-refractivity contribution is -0.142. The van der Waals surface area contributed by atoms with Gasteiger partial charge in [0.1, 0.15) is 11.6 Å². The number of methoxy groups -OCH3 is 1. The van der Waals surface area contributed by atoms with Crippen molar-refractivity contribution in [3.8, 4) is 0 Å². The van der Waals surface area contributed by atoms with E-state index in [1.807, 2.05) is 0 Å². The van der Waals surface area contributed by atoms with Gasteiger partial charge >= 0.3 is 12.1 Å². The van der Waals surface area contributed by atoms with E-state index in [2.05, 4.69) is 10.1 Å². The number of carbonyl (C=O) groups is 2. The number of nitrogens with two attached hydrogens (primary N) is 1. The molecule has 0 rings (SSSR count). The highest BCUT2D eigenvalue weighted by Gasteiger charge is 2.16. The highest BCUT2D eigenvalue weighted by atomic mass is 16.6. The van der Waals surface area contributed by atoms with E-state index in [-0.39, 0.29) is 0 Å². The van der Waals surface area contributed by atoms with Crippen LogP contribution in [0.15, 0.2) is 0 Å². The summed E-state index contributed by atoms with van der Waals surface area (Å²) in [4.78, 5) is 22.2. The maximum atomic E-state index is 11.2. The Morgan fingerprint density at radius 1 is 1.35 bits per heavy atom. The van der Waals surface area contributed by atoms with Crippen LogP contribution >= 0.6 is 0 Å². The number of hydrogen-bond donors (Lipinski definition) is 2. The average Bonchev–Trinajstić information content (AvgIpc) is 2.20. The van der Waals surface area contributed by atoms with Gasteiger partial charge in [0, 0.05) is 6.54 Å². The van der Waals surface area contributed by atoms with Gasteiger partial charge < -0.3 is 20.5 Å². The molecule has 0 saturated heterocycles. The van der Waals surface area contributed by atoms with Crippen molar-refractivity contribution in [3.63, 3.8) is 0 Å². The highest BCUT2D eigenvalue weighted by molar-refractivity contribution is 5.75. The SMILES string of the molecule is COC(=O)[C@H](N)CCCNC(=O)OC(C)(C)C. The molecule has 0 fully saturated rings. The van der Waals surface area contributed by atoms with Crippen LogP contribution in [0.2, 0.25) is 0 Å². The summed E-state index contributed by atoms with van der Waals surface area (Å²) in [6, 6.07) is -0.638. The second kappa shape index (κ2) is 7.11. The van der Waals surface area contributed by atoms with E-state index < -0.39 is 23.7 Å². The van der Waals surface area contributed by atoms with E-state index in [1.54, 1.807) is 20.8 Å². The fourth-order valence-corrected chi connectivity index (χ4v) is 1.10. The summed E-state index contributed by atoms with van der Waals surface area (Å²) in [5, 5.41) is 2.58. The van der Waals surface area contributed by atoms with Crippen molar-refractivity contribution in [2.45, 2.75) is 45.3 Å². The first-order valence-electron chi connectivity index (χ1n) is 5.56. The molecule has 0 aliphatic rings. The Hall–Kier alpha value is -1.30. The fraction of sp³-hybridized carbons (Fsp3) is 0.818. The quantitative estimate of drug-likeness (QED) is 0.553. The Balaban J connectivity index is 3.65. The molecule has 0 aromatic heterocycles. The van der Waals surface area contributed by atoms with Gasteiger partial charge in [-0.05, 0) is 33.6 Å². The molecule has 0 spiro atoms. The number of alkyl carbamates (subject to hydrolysis) is 1. The van der Waals surface area contributed by atoms with Gasteiger partial charge in [-0.3, -0.25) is 4.79 Å². The van der Waals surface area contributed by atoms with Crippen LogP contribution in [-0.4, -0.2) is 37.4 Å². The summed E-state index contributed by atoms with van der Waals surface area (Å²) < 4.78 is 9.52. The first-order valence-corrected chi connectivity index (χ1v) is 5.56. The summed E-state index contributed by atoms with van der Waals surface area (Å²) in [6.07, 6.45) is 0.585. The van der Waals surface area contributed by atoms with Crippen molar-refractivity contribution < 1.29 is 19.1 Å². The number of rotatable bonds is 5. The van der Waals surface area contributed by atoms with Crippen LogP contribution in [0.3, 0.4) is 0 Å². The summed E-state index contributed by atoms with van der Waals surface area (Å²) >= 11 is 0. The lowest BCUT2D eigenvalue weighted by Crippen LogP contribution is -2.35. The summed E-state index contributed by atoms with van der Waals surface area (Å²) in [7, 11) is 1.29. The van der Waals surface area contributed by atoms with Crippen LogP contribution in [0, 0.1) is 0 Å². The molecule has 0 aliphatic carbocycles. The minimum absolute atomic E-state index is 0.416. The third kappa shape index (κ3) is 8.50. The van der Waals surface area contributed by atoms with Gasteiger partial charge in [-0.1, -0.05) is 0 Å². The number of esters is 1. The van der Waals surface area contributed by atoms with E-state index in [1.165, 1.54) is 7.11 Å². The predicted molar refractivity (Wildman–Crippen MR) is 63.5 cm³/mol. The van der Waals surface area contributed by atoms with Gasteiger partial charge in [-0.2, -0.15) is 0 Å². The number of hydrogen-bond acceptors (Lipinski definition) is 5. The van der Waals surface area contributed by atoms with Crippen molar-refractivity contribution in [1.29, 1.82) is 0 Å². The van der Waals surface area contributed by atoms with E-state index in [4.69, 9.17) is 10.5 Å². The van der Waals surface area contributed by atoms with Gasteiger partial charge in [-0.25, -0.2) is 4.79 Å². The molecule has 1 atom stereocenters. The average molecular weight is 246 g/mol. The van der Waals surface area contributed by atoms with Crippen LogP contribution < -0.4 is 11.1 Å². The molecule has 3 N–H and O–H groups in total. The van der Waals surface area contributed by atoms with E-state index in [0.717, 1.165) is 0 Å². The fourth-order valence-electron chi connectivity index (χ4n) is 1.10. The van der Waals surface area contributed by atoms with Crippen molar-refractivity contribution in [3.05, 3.63) is 0 Å². The molecular formula is C11H22N2O4. The van der Waals surface area contributed by atoms with E-state index in [0.29, 0.717) is 19.4 Å². The van der Waals surface area contributed by atoms with Crippen molar-refractivity contribution in [1.82, 2.24) is 5.32 Å². The lowest BCUT2D eigenvalue weighted by atomic mass is 10.2. The smallest absolute Gasteiger partial charge is 0.407 e. The molecule has 0 aromatic carbocycles. The normalized spacial score (nSPS) is 12.8. The molecule has 0 unspecified atom stereocenters. The zero-order valence-corrected chi connectivity index (χ0v) is 10.9. The molecule has 17 heavy (non-hydrogen) atoms. The second-order valence-corrected chi connectivity index (χ2v) is 4.70. The lowest BCUT2D eigenvalue weighted by Gasteiger charge is -2.19. The molecular weight excluding hydrogens is 224 g/mol. The van der Waals surface area contributed by atoms with Crippen molar-refractivity contribution in [2.24, 2.45) is 5.73 Å². The van der Waals surface area contributed by atoms with Crippen LogP contribution in [0.4, 0.5) is 4.79 Å². The number of ether oxygens (including phenoxy) is 2. The summed E-state index contributed by atoms with van der Waals surface area (Å²) in [6.45, 7) is 5.79. The Labute approximate surface area is 102 Å². The standard InChI is InChI=1S/C11H22N2O4/c1-11(2,3)17-10(15)13-7-5-6-8(12)9(14)16-4/h8H,5-7,12H2,1-4H3,(H,13,15)/t8-/m1/s1. The largest absolute Gasteiger partial charge is 0.468 e. The zero-order valence-electron chi connectivity index (χ0n) is 10.9. The van der Waals surface area contributed by atoms with Gasteiger partial charge in [0.15, 0.2) is 0 Å². The Morgan fingerprint density at radius 3 is 2.41 bits per heavy atom. The second-order valence-electron chi connectivity index (χ2n) is 4.70. The molecule has 0 radical (unpaired) electrons. The maximum Gasteiger partial charge on any atom is 0.407 e. The van der Waals surface area contributed by atoms with Gasteiger partial charge in [0.25, 0.3) is 0 Å². The molecule has 6 nitrogen and oxygen atoms in total. The third-order valence-corrected chi connectivity index (χ3v) is 1.86. The highest BCUT2D eigenvalue weighted by Crippen LogP contribution is 2.06. The van der Waals surface area contributed by atoms with Gasteiger partial charge in [-0.15, -0.1) is 0 Å². The maximum absolute atomic E-state index is 11.2. The molecule has 0 saturated carbocycles. The third-order valence-electron chi connectivity index (χ3n) is 1.86. The van der Waals surface area contributed by atoms with E-state index >= 15 is 0 Å². The number of amides is 1. The summed E-state index contributed by atoms with van der Waals surface area (Å²) in [5.74, 6) is -0.442. The molecule has 1 amide bonds. The molecule has 0 heterocycles. The Kier molecular flexibility index (Phi) is 6.57. The zero-order chi connectivity index (χ0) is 13.5. The minimum atomic E-state index is -0.638. The van der Waals surface area contributed by atoms with Crippen LogP contribution in [0.25, 0.3) is 0 Å². The molecule has 100 valence electrons. The van der Waals surface area contributed by atoms with Crippen LogP contribution in [0.5, 0.6) is 0 Å². The predicted octanol–water partition coefficient (Wildman–Crippen LogP) is 0.792. The Bertz CT molecular complexity index is 261. The molecule has 0 aromatic rings. The molecule has 6 heteroatoms. The van der Waals surface area contributed by atoms with Crippen molar-refractivity contribution in [2.75, 3.05) is 13.7 Å². The number of carbonyl (C=O) groups excluding carboxylic acids is 2. The van der Waals surface area contributed by atoms with Crippen LogP contribution in [0.1, 0.15) is 33.6 Å². The first kappa shape index (κ1) is 15.7. The summed E-state index contributed by atoms with van der Waals surface area (Å²) in [5.41, 5.74) is 5.02. The molecule has 0 bridgehead atoms.